The Balaban J connectivity index is 2.05. The quantitative estimate of drug-likeness (QED) is 0.627. The molecule has 1 unspecified atom stereocenters. The van der Waals surface area contributed by atoms with Crippen LogP contribution < -0.4 is 10.1 Å². The summed E-state index contributed by atoms with van der Waals surface area (Å²) in [5, 5.41) is 3.40. The van der Waals surface area contributed by atoms with E-state index in [0.717, 1.165) is 18.7 Å². The number of likely N-dealkylation sites (N-methyl/N-ethyl adjacent to an activating group) is 1. The zero-order valence-corrected chi connectivity index (χ0v) is 10.3. The van der Waals surface area contributed by atoms with Gasteiger partial charge >= 0.3 is 5.97 Å². The fraction of sp³-hybridized carbons (Fsp3) is 0.462. The van der Waals surface area contributed by atoms with Crippen LogP contribution in [0.2, 0.25) is 0 Å². The van der Waals surface area contributed by atoms with Gasteiger partial charge in [0.1, 0.15) is 5.75 Å². The largest absolute Gasteiger partial charge is 0.426 e. The second-order valence-corrected chi connectivity index (χ2v) is 4.53. The van der Waals surface area contributed by atoms with E-state index >= 15 is 0 Å². The first-order valence-corrected chi connectivity index (χ1v) is 5.84. The van der Waals surface area contributed by atoms with Crippen molar-refractivity contribution in [2.75, 3.05) is 27.2 Å². The smallest absolute Gasteiger partial charge is 0.313 e. The van der Waals surface area contributed by atoms with Crippen molar-refractivity contribution >= 4 is 5.97 Å². The van der Waals surface area contributed by atoms with Gasteiger partial charge in [0.2, 0.25) is 0 Å². The lowest BCUT2D eigenvalue weighted by Crippen LogP contribution is -2.34. The van der Waals surface area contributed by atoms with Gasteiger partial charge < -0.3 is 15.0 Å². The number of carbonyl (C=O) groups excluding carboxylic acids is 1. The zero-order valence-electron chi connectivity index (χ0n) is 10.3. The minimum absolute atomic E-state index is 0.0763. The lowest BCUT2D eigenvalue weighted by atomic mass is 10.0. The summed E-state index contributed by atoms with van der Waals surface area (Å²) in [5.74, 6) is 0.525. The Morgan fingerprint density at radius 3 is 2.94 bits per heavy atom. The maximum atomic E-state index is 11.5. The topological polar surface area (TPSA) is 41.6 Å². The lowest BCUT2D eigenvalue weighted by molar-refractivity contribution is -0.136. The Morgan fingerprint density at radius 1 is 1.41 bits per heavy atom. The third-order valence-corrected chi connectivity index (χ3v) is 2.84. The van der Waals surface area contributed by atoms with E-state index in [1.165, 1.54) is 0 Å². The molecule has 1 N–H and O–H groups in total. The van der Waals surface area contributed by atoms with E-state index in [1.54, 1.807) is 0 Å². The fourth-order valence-electron chi connectivity index (χ4n) is 1.95. The Morgan fingerprint density at radius 2 is 2.18 bits per heavy atom. The monoisotopic (exact) mass is 234 g/mol. The number of hydrogen-bond donors (Lipinski definition) is 1. The number of ether oxygens (including phenoxy) is 1. The highest BCUT2D eigenvalue weighted by Gasteiger charge is 2.25. The van der Waals surface area contributed by atoms with E-state index in [-0.39, 0.29) is 12.0 Å². The van der Waals surface area contributed by atoms with E-state index < -0.39 is 0 Å². The van der Waals surface area contributed by atoms with E-state index in [9.17, 15) is 4.79 Å². The molecule has 0 saturated carbocycles. The summed E-state index contributed by atoms with van der Waals surface area (Å²) in [5.41, 5.74) is 1.07. The molecular weight excluding hydrogens is 216 g/mol. The summed E-state index contributed by atoms with van der Waals surface area (Å²) < 4.78 is 5.20. The second kappa shape index (κ2) is 5.29. The van der Waals surface area contributed by atoms with Gasteiger partial charge in [-0.2, -0.15) is 0 Å². The minimum atomic E-state index is -0.161. The van der Waals surface area contributed by atoms with Crippen molar-refractivity contribution in [2.24, 2.45) is 0 Å². The van der Waals surface area contributed by atoms with E-state index in [1.807, 2.05) is 38.4 Å². The summed E-state index contributed by atoms with van der Waals surface area (Å²) in [6, 6.07) is 7.78. The maximum absolute atomic E-state index is 11.5. The molecule has 1 aliphatic heterocycles. The molecule has 2 rings (SSSR count). The molecule has 17 heavy (non-hydrogen) atoms. The van der Waals surface area contributed by atoms with Gasteiger partial charge in [-0.25, -0.2) is 0 Å². The van der Waals surface area contributed by atoms with Crippen LogP contribution in [0.5, 0.6) is 5.75 Å². The first-order chi connectivity index (χ1) is 8.16. The summed E-state index contributed by atoms with van der Waals surface area (Å²) >= 11 is 0. The van der Waals surface area contributed by atoms with Crippen molar-refractivity contribution in [1.82, 2.24) is 10.2 Å². The van der Waals surface area contributed by atoms with Crippen LogP contribution in [-0.2, 0) is 4.79 Å². The van der Waals surface area contributed by atoms with Gasteiger partial charge in [0.15, 0.2) is 0 Å². The van der Waals surface area contributed by atoms with Crippen molar-refractivity contribution in [3.8, 4) is 5.75 Å². The molecule has 4 nitrogen and oxygen atoms in total. The van der Waals surface area contributed by atoms with E-state index in [4.69, 9.17) is 4.74 Å². The standard InChI is InChI=1S/C13H18N2O2/c1-15(2)8-7-14-11-9-13(16)17-12-6-4-3-5-10(11)12/h3-6,11,14H,7-9H2,1-2H3. The first kappa shape index (κ1) is 12.1. The molecule has 0 radical (unpaired) electrons. The third-order valence-electron chi connectivity index (χ3n) is 2.84. The number of benzene rings is 1. The predicted molar refractivity (Wildman–Crippen MR) is 66.0 cm³/mol. The molecule has 0 fully saturated rings. The van der Waals surface area contributed by atoms with Crippen molar-refractivity contribution < 1.29 is 9.53 Å². The van der Waals surface area contributed by atoms with Crippen LogP contribution in [0.25, 0.3) is 0 Å². The molecule has 0 aliphatic carbocycles. The zero-order chi connectivity index (χ0) is 12.3. The molecular formula is C13H18N2O2. The van der Waals surface area contributed by atoms with Crippen LogP contribution in [0.3, 0.4) is 0 Å². The van der Waals surface area contributed by atoms with Gasteiger partial charge in [-0.05, 0) is 20.2 Å². The van der Waals surface area contributed by atoms with Crippen LogP contribution in [0.4, 0.5) is 0 Å². The highest BCUT2D eigenvalue weighted by molar-refractivity contribution is 5.76. The maximum Gasteiger partial charge on any atom is 0.313 e. The number of fused-ring (bicyclic) bond motifs is 1. The Hall–Kier alpha value is -1.39. The molecule has 4 heteroatoms. The molecule has 1 aromatic carbocycles. The van der Waals surface area contributed by atoms with Gasteiger partial charge in [0, 0.05) is 24.7 Å². The summed E-state index contributed by atoms with van der Waals surface area (Å²) in [4.78, 5) is 13.6. The van der Waals surface area contributed by atoms with Crippen molar-refractivity contribution in [3.63, 3.8) is 0 Å². The van der Waals surface area contributed by atoms with Gasteiger partial charge in [-0.1, -0.05) is 18.2 Å². The molecule has 0 spiro atoms. The normalized spacial score (nSPS) is 19.0. The molecule has 0 amide bonds. The van der Waals surface area contributed by atoms with Gasteiger partial charge in [-0.3, -0.25) is 4.79 Å². The summed E-state index contributed by atoms with van der Waals surface area (Å²) in [7, 11) is 4.07. The van der Waals surface area contributed by atoms with Gasteiger partial charge in [-0.15, -0.1) is 0 Å². The Labute approximate surface area is 102 Å². The molecule has 0 saturated heterocycles. The molecule has 0 bridgehead atoms. The van der Waals surface area contributed by atoms with Crippen LogP contribution >= 0.6 is 0 Å². The summed E-state index contributed by atoms with van der Waals surface area (Å²) in [6.07, 6.45) is 0.407. The third kappa shape index (κ3) is 3.05. The average Bonchev–Trinajstić information content (AvgIpc) is 2.28. The number of nitrogens with one attached hydrogen (secondary N) is 1. The number of para-hydroxylation sites is 1. The average molecular weight is 234 g/mol. The van der Waals surface area contributed by atoms with Crippen molar-refractivity contribution in [2.45, 2.75) is 12.5 Å². The highest BCUT2D eigenvalue weighted by atomic mass is 16.5. The molecule has 1 atom stereocenters. The minimum Gasteiger partial charge on any atom is -0.426 e. The van der Waals surface area contributed by atoms with Crippen LogP contribution in [0, 0.1) is 0 Å². The molecule has 92 valence electrons. The molecule has 1 aliphatic rings. The van der Waals surface area contributed by atoms with Gasteiger partial charge in [0.05, 0.1) is 6.42 Å². The predicted octanol–water partition coefficient (Wildman–Crippen LogP) is 1.19. The van der Waals surface area contributed by atoms with E-state index in [2.05, 4.69) is 10.2 Å². The number of esters is 1. The number of nitrogens with zero attached hydrogens (tertiary/aromatic N) is 1. The Bertz CT molecular complexity index is 404. The number of rotatable bonds is 4. The highest BCUT2D eigenvalue weighted by Crippen LogP contribution is 2.31. The SMILES string of the molecule is CN(C)CCNC1CC(=O)Oc2ccccc21. The van der Waals surface area contributed by atoms with Crippen LogP contribution in [-0.4, -0.2) is 38.1 Å². The molecule has 0 aromatic heterocycles. The number of hydrogen-bond acceptors (Lipinski definition) is 4. The second-order valence-electron chi connectivity index (χ2n) is 4.53. The molecule has 1 heterocycles. The van der Waals surface area contributed by atoms with Crippen LogP contribution in [0.15, 0.2) is 24.3 Å². The van der Waals surface area contributed by atoms with Gasteiger partial charge in [0.25, 0.3) is 0 Å². The summed E-state index contributed by atoms with van der Waals surface area (Å²) in [6.45, 7) is 1.81. The Kier molecular flexibility index (Phi) is 3.76. The van der Waals surface area contributed by atoms with Crippen molar-refractivity contribution in [1.29, 1.82) is 0 Å². The number of carbonyl (C=O) groups is 1. The van der Waals surface area contributed by atoms with Crippen LogP contribution in [0.1, 0.15) is 18.0 Å². The first-order valence-electron chi connectivity index (χ1n) is 5.84. The molecule has 1 aromatic rings. The van der Waals surface area contributed by atoms with E-state index in [0.29, 0.717) is 12.2 Å². The van der Waals surface area contributed by atoms with Crippen molar-refractivity contribution in [3.05, 3.63) is 29.8 Å². The lowest BCUT2D eigenvalue weighted by Gasteiger charge is -2.25. The fourth-order valence-corrected chi connectivity index (χ4v) is 1.95.